The number of hydrogen-bond donors (Lipinski definition) is 0. The van der Waals surface area contributed by atoms with Gasteiger partial charge < -0.3 is 4.57 Å². The number of aryl methyl sites for hydroxylation is 1. The Kier molecular flexibility index (Phi) is 3.77. The van der Waals surface area contributed by atoms with E-state index in [9.17, 15) is 13.2 Å². The number of benzene rings is 1. The third-order valence-electron chi connectivity index (χ3n) is 5.05. The van der Waals surface area contributed by atoms with Crippen LogP contribution in [-0.2, 0) is 18.6 Å². The highest BCUT2D eigenvalue weighted by Gasteiger charge is 2.29. The van der Waals surface area contributed by atoms with Crippen molar-refractivity contribution in [2.45, 2.75) is 38.9 Å². The Morgan fingerprint density at radius 2 is 1.90 bits per heavy atom. The van der Waals surface area contributed by atoms with Crippen LogP contribution in [0.1, 0.15) is 31.9 Å². The van der Waals surface area contributed by atoms with Crippen molar-refractivity contribution in [3.05, 3.63) is 53.6 Å². The summed E-state index contributed by atoms with van der Waals surface area (Å²) < 4.78 is 45.8. The molecule has 0 unspecified atom stereocenters. The minimum absolute atomic E-state index is 0.0741. The SMILES string of the molecule is CC(C)(F)c1nnc2ccc(-c3c(-c4ccc(F)cc4F)nc4n3CCC4)nn12. The zero-order valence-electron chi connectivity index (χ0n) is 15.8. The van der Waals surface area contributed by atoms with Gasteiger partial charge in [-0.1, -0.05) is 0 Å². The Hall–Kier alpha value is -3.23. The van der Waals surface area contributed by atoms with Gasteiger partial charge in [0.25, 0.3) is 0 Å². The molecule has 0 fully saturated rings. The summed E-state index contributed by atoms with van der Waals surface area (Å²) in [5, 5.41) is 12.4. The third-order valence-corrected chi connectivity index (χ3v) is 5.05. The Labute approximate surface area is 164 Å². The highest BCUT2D eigenvalue weighted by atomic mass is 19.1. The van der Waals surface area contributed by atoms with Crippen LogP contribution in [0.4, 0.5) is 13.2 Å². The van der Waals surface area contributed by atoms with Crippen LogP contribution in [0.5, 0.6) is 0 Å². The third kappa shape index (κ3) is 2.80. The van der Waals surface area contributed by atoms with Crippen molar-refractivity contribution in [1.82, 2.24) is 29.4 Å². The minimum atomic E-state index is -1.74. The molecule has 0 saturated carbocycles. The lowest BCUT2D eigenvalue weighted by atomic mass is 10.1. The van der Waals surface area contributed by atoms with E-state index in [1.807, 2.05) is 4.57 Å². The largest absolute Gasteiger partial charge is 0.326 e. The van der Waals surface area contributed by atoms with Gasteiger partial charge in [-0.15, -0.1) is 10.2 Å². The second kappa shape index (κ2) is 6.13. The minimum Gasteiger partial charge on any atom is -0.326 e. The van der Waals surface area contributed by atoms with Crippen LogP contribution in [-0.4, -0.2) is 29.4 Å². The van der Waals surface area contributed by atoms with E-state index in [-0.39, 0.29) is 11.4 Å². The van der Waals surface area contributed by atoms with Gasteiger partial charge in [-0.05, 0) is 44.5 Å². The number of alkyl halides is 1. The van der Waals surface area contributed by atoms with Gasteiger partial charge in [0.2, 0.25) is 0 Å². The highest BCUT2D eigenvalue weighted by Crippen LogP contribution is 2.36. The molecule has 6 nitrogen and oxygen atoms in total. The first kappa shape index (κ1) is 17.8. The van der Waals surface area contributed by atoms with Crippen molar-refractivity contribution in [2.75, 3.05) is 0 Å². The summed E-state index contributed by atoms with van der Waals surface area (Å²) in [6, 6.07) is 6.83. The molecule has 0 saturated heterocycles. The van der Waals surface area contributed by atoms with Crippen LogP contribution in [0.25, 0.3) is 28.3 Å². The molecule has 1 aliphatic rings. The zero-order chi connectivity index (χ0) is 20.3. The number of fused-ring (bicyclic) bond motifs is 2. The van der Waals surface area contributed by atoms with E-state index in [1.54, 1.807) is 12.1 Å². The maximum Gasteiger partial charge on any atom is 0.191 e. The van der Waals surface area contributed by atoms with Crippen molar-refractivity contribution in [2.24, 2.45) is 0 Å². The first-order valence-corrected chi connectivity index (χ1v) is 9.30. The van der Waals surface area contributed by atoms with Crippen LogP contribution < -0.4 is 0 Å². The van der Waals surface area contributed by atoms with Gasteiger partial charge in [-0.25, -0.2) is 18.2 Å². The van der Waals surface area contributed by atoms with Crippen molar-refractivity contribution in [3.63, 3.8) is 0 Å². The first-order chi connectivity index (χ1) is 13.8. The monoisotopic (exact) mass is 398 g/mol. The topological polar surface area (TPSA) is 60.9 Å². The van der Waals surface area contributed by atoms with E-state index in [0.717, 1.165) is 24.7 Å². The van der Waals surface area contributed by atoms with Crippen molar-refractivity contribution >= 4 is 5.65 Å². The Bertz CT molecular complexity index is 1250. The predicted octanol–water partition coefficient (Wildman–Crippen LogP) is 4.08. The summed E-state index contributed by atoms with van der Waals surface area (Å²) in [5.41, 5.74) is 0.350. The van der Waals surface area contributed by atoms with E-state index in [1.165, 1.54) is 30.5 Å². The molecule has 0 spiro atoms. The molecule has 0 radical (unpaired) electrons. The van der Waals surface area contributed by atoms with Gasteiger partial charge >= 0.3 is 0 Å². The lowest BCUT2D eigenvalue weighted by Crippen LogP contribution is -2.16. The fraction of sp³-hybridized carbons (Fsp3) is 0.300. The predicted molar refractivity (Wildman–Crippen MR) is 99.8 cm³/mol. The maximum absolute atomic E-state index is 14.5. The summed E-state index contributed by atoms with van der Waals surface area (Å²) in [6.07, 6.45) is 1.67. The normalized spacial score (nSPS) is 14.0. The maximum atomic E-state index is 14.5. The number of nitrogens with zero attached hydrogens (tertiary/aromatic N) is 6. The summed E-state index contributed by atoms with van der Waals surface area (Å²) >= 11 is 0. The van der Waals surface area contributed by atoms with E-state index in [2.05, 4.69) is 20.3 Å². The Balaban J connectivity index is 1.76. The van der Waals surface area contributed by atoms with Gasteiger partial charge in [0, 0.05) is 24.6 Å². The van der Waals surface area contributed by atoms with Crippen molar-refractivity contribution in [1.29, 1.82) is 0 Å². The molecule has 1 aliphatic heterocycles. The fourth-order valence-electron chi connectivity index (χ4n) is 3.74. The Morgan fingerprint density at radius 3 is 2.66 bits per heavy atom. The summed E-state index contributed by atoms with van der Waals surface area (Å²) in [6.45, 7) is 3.48. The second-order valence-corrected chi connectivity index (χ2v) is 7.59. The number of rotatable bonds is 3. The van der Waals surface area contributed by atoms with Gasteiger partial charge in [-0.3, -0.25) is 0 Å². The molecule has 0 bridgehead atoms. The number of imidazole rings is 1. The molecular weight excluding hydrogens is 381 g/mol. The average Bonchev–Trinajstić information content (AvgIpc) is 3.34. The smallest absolute Gasteiger partial charge is 0.191 e. The molecule has 5 rings (SSSR count). The van der Waals surface area contributed by atoms with E-state index in [4.69, 9.17) is 0 Å². The fourth-order valence-corrected chi connectivity index (χ4v) is 3.74. The zero-order valence-corrected chi connectivity index (χ0v) is 15.8. The van der Waals surface area contributed by atoms with E-state index >= 15 is 0 Å². The number of hydrogen-bond acceptors (Lipinski definition) is 4. The summed E-state index contributed by atoms with van der Waals surface area (Å²) in [7, 11) is 0. The standard InChI is InChI=1S/C20H17F3N6/c1-20(2,23)19-26-25-16-8-7-14(27-29(16)19)18-17(24-15-4-3-9-28(15)18)12-6-5-11(21)10-13(12)22/h5-8,10H,3-4,9H2,1-2H3. The lowest BCUT2D eigenvalue weighted by Gasteiger charge is -2.12. The van der Waals surface area contributed by atoms with Gasteiger partial charge in [0.05, 0.1) is 5.69 Å². The molecule has 0 N–H and O–H groups in total. The van der Waals surface area contributed by atoms with Gasteiger partial charge in [0.15, 0.2) is 17.1 Å². The highest BCUT2D eigenvalue weighted by molar-refractivity contribution is 5.78. The molecule has 0 atom stereocenters. The van der Waals surface area contributed by atoms with Crippen LogP contribution in [0.15, 0.2) is 30.3 Å². The van der Waals surface area contributed by atoms with Crippen LogP contribution in [0.2, 0.25) is 0 Å². The van der Waals surface area contributed by atoms with Gasteiger partial charge in [0.1, 0.15) is 28.8 Å². The summed E-state index contributed by atoms with van der Waals surface area (Å²) in [4.78, 5) is 4.61. The Morgan fingerprint density at radius 1 is 1.07 bits per heavy atom. The number of halogens is 3. The molecule has 1 aromatic carbocycles. The molecule has 4 heterocycles. The van der Waals surface area contributed by atoms with Crippen molar-refractivity contribution in [3.8, 4) is 22.6 Å². The quantitative estimate of drug-likeness (QED) is 0.522. The molecule has 148 valence electrons. The van der Waals surface area contributed by atoms with E-state index < -0.39 is 17.3 Å². The first-order valence-electron chi connectivity index (χ1n) is 9.30. The summed E-state index contributed by atoms with van der Waals surface area (Å²) in [5.74, 6) is -0.460. The molecule has 0 amide bonds. The molecule has 0 aliphatic carbocycles. The molecule has 9 heteroatoms. The van der Waals surface area contributed by atoms with E-state index in [0.29, 0.717) is 29.3 Å². The molecule has 3 aromatic heterocycles. The van der Waals surface area contributed by atoms with Crippen LogP contribution in [0, 0.1) is 11.6 Å². The van der Waals surface area contributed by atoms with Crippen LogP contribution >= 0.6 is 0 Å². The molecular formula is C20H17F3N6. The number of aromatic nitrogens is 6. The molecule has 29 heavy (non-hydrogen) atoms. The lowest BCUT2D eigenvalue weighted by molar-refractivity contribution is 0.202. The van der Waals surface area contributed by atoms with Gasteiger partial charge in [-0.2, -0.15) is 9.61 Å². The molecule has 4 aromatic rings. The van der Waals surface area contributed by atoms with Crippen molar-refractivity contribution < 1.29 is 13.2 Å². The van der Waals surface area contributed by atoms with Crippen LogP contribution in [0.3, 0.4) is 0 Å². The second-order valence-electron chi connectivity index (χ2n) is 7.59. The average molecular weight is 398 g/mol.